The van der Waals surface area contributed by atoms with Crippen LogP contribution in [0.25, 0.3) is 0 Å². The molecule has 1 fully saturated rings. The fraction of sp³-hybridized carbons (Fsp3) is 0.444. The lowest BCUT2D eigenvalue weighted by atomic mass is 9.91. The first kappa shape index (κ1) is 14.8. The summed E-state index contributed by atoms with van der Waals surface area (Å²) in [6.45, 7) is 6.20. The van der Waals surface area contributed by atoms with Gasteiger partial charge in [0, 0.05) is 31.3 Å². The molecule has 3 rings (SSSR count). The lowest BCUT2D eigenvalue weighted by Gasteiger charge is -2.35. The fourth-order valence-corrected chi connectivity index (χ4v) is 3.38. The number of hydrogen-bond donors (Lipinski definition) is 1. The Morgan fingerprint density at radius 2 is 1.86 bits per heavy atom. The van der Waals surface area contributed by atoms with Gasteiger partial charge in [-0.05, 0) is 42.0 Å². The van der Waals surface area contributed by atoms with Gasteiger partial charge in [0.1, 0.15) is 0 Å². The van der Waals surface area contributed by atoms with E-state index in [4.69, 9.17) is 0 Å². The van der Waals surface area contributed by atoms with Crippen LogP contribution >= 0.6 is 0 Å². The number of nitrogens with one attached hydrogen (secondary N) is 1. The Balaban J connectivity index is 1.68. The molecule has 0 saturated carbocycles. The molecule has 2 atom stereocenters. The summed E-state index contributed by atoms with van der Waals surface area (Å²) >= 11 is 0. The van der Waals surface area contributed by atoms with Gasteiger partial charge >= 0.3 is 0 Å². The molecule has 4 nitrogen and oxygen atoms in total. The molecule has 116 valence electrons. The number of amides is 1. The molecule has 1 aliphatic heterocycles. The number of piperidine rings is 1. The van der Waals surface area contributed by atoms with Crippen LogP contribution in [-0.2, 0) is 6.42 Å². The van der Waals surface area contributed by atoms with Crippen molar-refractivity contribution in [3.63, 3.8) is 0 Å². The monoisotopic (exact) mass is 297 g/mol. The second-order valence-corrected chi connectivity index (χ2v) is 6.60. The van der Waals surface area contributed by atoms with Gasteiger partial charge in [-0.3, -0.25) is 9.89 Å². The summed E-state index contributed by atoms with van der Waals surface area (Å²) in [5, 5.41) is 6.98. The van der Waals surface area contributed by atoms with Crippen molar-refractivity contribution in [1.29, 1.82) is 0 Å². The molecule has 1 saturated heterocycles. The van der Waals surface area contributed by atoms with Crippen LogP contribution in [0, 0.1) is 11.8 Å². The topological polar surface area (TPSA) is 49.0 Å². The van der Waals surface area contributed by atoms with E-state index >= 15 is 0 Å². The summed E-state index contributed by atoms with van der Waals surface area (Å²) in [6.07, 6.45) is 3.83. The van der Waals surface area contributed by atoms with Crippen LogP contribution in [0.1, 0.15) is 41.9 Å². The zero-order chi connectivity index (χ0) is 15.5. The van der Waals surface area contributed by atoms with Crippen LogP contribution in [0.15, 0.2) is 36.5 Å². The van der Waals surface area contributed by atoms with Crippen molar-refractivity contribution < 1.29 is 4.79 Å². The Kier molecular flexibility index (Phi) is 4.27. The van der Waals surface area contributed by atoms with Crippen molar-refractivity contribution in [2.45, 2.75) is 26.7 Å². The third-order valence-electron chi connectivity index (χ3n) is 4.30. The Labute approximate surface area is 131 Å². The number of aromatic amines is 1. The van der Waals surface area contributed by atoms with Crippen molar-refractivity contribution >= 4 is 5.91 Å². The van der Waals surface area contributed by atoms with Crippen molar-refractivity contribution in [2.75, 3.05) is 13.1 Å². The Morgan fingerprint density at radius 3 is 2.45 bits per heavy atom. The van der Waals surface area contributed by atoms with Crippen molar-refractivity contribution in [3.05, 3.63) is 53.3 Å². The van der Waals surface area contributed by atoms with E-state index in [1.54, 1.807) is 0 Å². The molecule has 0 bridgehead atoms. The molecule has 1 aromatic carbocycles. The smallest absolute Gasteiger partial charge is 0.253 e. The maximum Gasteiger partial charge on any atom is 0.253 e. The predicted octanol–water partition coefficient (Wildman–Crippen LogP) is 3.12. The molecule has 0 spiro atoms. The van der Waals surface area contributed by atoms with Gasteiger partial charge in [0.25, 0.3) is 5.91 Å². The van der Waals surface area contributed by atoms with Crippen LogP contribution < -0.4 is 0 Å². The third kappa shape index (κ3) is 3.38. The molecule has 1 aliphatic rings. The molecule has 2 aromatic rings. The zero-order valence-electron chi connectivity index (χ0n) is 13.2. The number of rotatable bonds is 3. The predicted molar refractivity (Wildman–Crippen MR) is 86.7 cm³/mol. The molecular weight excluding hydrogens is 274 g/mol. The van der Waals surface area contributed by atoms with E-state index in [1.807, 2.05) is 41.4 Å². The van der Waals surface area contributed by atoms with E-state index in [0.717, 1.165) is 30.8 Å². The maximum absolute atomic E-state index is 12.6. The highest BCUT2D eigenvalue weighted by atomic mass is 16.2. The Hall–Kier alpha value is -2.10. The number of H-pyrrole nitrogens is 1. The van der Waals surface area contributed by atoms with E-state index in [-0.39, 0.29) is 5.91 Å². The second-order valence-electron chi connectivity index (χ2n) is 6.60. The largest absolute Gasteiger partial charge is 0.338 e. The highest BCUT2D eigenvalue weighted by molar-refractivity contribution is 5.94. The number of nitrogens with zero attached hydrogens (tertiary/aromatic N) is 2. The van der Waals surface area contributed by atoms with E-state index in [2.05, 4.69) is 24.0 Å². The van der Waals surface area contributed by atoms with Crippen molar-refractivity contribution in [2.24, 2.45) is 11.8 Å². The summed E-state index contributed by atoms with van der Waals surface area (Å²) in [4.78, 5) is 14.6. The Bertz CT molecular complexity index is 608. The first-order valence-corrected chi connectivity index (χ1v) is 7.98. The van der Waals surface area contributed by atoms with Gasteiger partial charge in [0.2, 0.25) is 0 Å². The van der Waals surface area contributed by atoms with Gasteiger partial charge in [0.15, 0.2) is 0 Å². The Morgan fingerprint density at radius 1 is 1.18 bits per heavy atom. The molecule has 1 amide bonds. The molecule has 2 unspecified atom stereocenters. The quantitative estimate of drug-likeness (QED) is 0.946. The molecule has 0 aliphatic carbocycles. The average Bonchev–Trinajstić information content (AvgIpc) is 2.99. The van der Waals surface area contributed by atoms with Crippen LogP contribution in [0.2, 0.25) is 0 Å². The van der Waals surface area contributed by atoms with Crippen LogP contribution in [-0.4, -0.2) is 34.1 Å². The standard InChI is InChI=1S/C18H23N3O/c1-13-9-14(2)12-21(11-13)18(22)16-5-3-15(4-6-16)10-17-7-8-19-20-17/h3-8,13-14H,9-12H2,1-2H3,(H,19,20). The molecule has 1 aromatic heterocycles. The van der Waals surface area contributed by atoms with Gasteiger partial charge in [-0.15, -0.1) is 0 Å². The molecule has 22 heavy (non-hydrogen) atoms. The third-order valence-corrected chi connectivity index (χ3v) is 4.30. The van der Waals surface area contributed by atoms with E-state index in [1.165, 1.54) is 12.0 Å². The normalized spacial score (nSPS) is 21.8. The molecule has 0 radical (unpaired) electrons. The number of benzene rings is 1. The second kappa shape index (κ2) is 6.34. The SMILES string of the molecule is CC1CC(C)CN(C(=O)c2ccc(Cc3cc[nH]n3)cc2)C1. The van der Waals surface area contributed by atoms with Crippen LogP contribution in [0.3, 0.4) is 0 Å². The van der Waals surface area contributed by atoms with Gasteiger partial charge in [-0.25, -0.2) is 0 Å². The first-order chi connectivity index (χ1) is 10.6. The van der Waals surface area contributed by atoms with Crippen LogP contribution in [0.4, 0.5) is 0 Å². The van der Waals surface area contributed by atoms with E-state index < -0.39 is 0 Å². The lowest BCUT2D eigenvalue weighted by Crippen LogP contribution is -2.42. The van der Waals surface area contributed by atoms with Crippen molar-refractivity contribution in [1.82, 2.24) is 15.1 Å². The van der Waals surface area contributed by atoms with E-state index in [9.17, 15) is 4.79 Å². The minimum absolute atomic E-state index is 0.157. The van der Waals surface area contributed by atoms with Gasteiger partial charge < -0.3 is 4.90 Å². The maximum atomic E-state index is 12.6. The number of likely N-dealkylation sites (tertiary alicyclic amines) is 1. The van der Waals surface area contributed by atoms with Crippen LogP contribution in [0.5, 0.6) is 0 Å². The highest BCUT2D eigenvalue weighted by Crippen LogP contribution is 2.22. The summed E-state index contributed by atoms with van der Waals surface area (Å²) in [6, 6.07) is 9.90. The first-order valence-electron chi connectivity index (χ1n) is 7.98. The molecular formula is C18H23N3O. The summed E-state index contributed by atoms with van der Waals surface area (Å²) < 4.78 is 0. The summed E-state index contributed by atoms with van der Waals surface area (Å²) in [5.41, 5.74) is 2.97. The number of aromatic nitrogens is 2. The minimum Gasteiger partial charge on any atom is -0.338 e. The molecule has 1 N–H and O–H groups in total. The van der Waals surface area contributed by atoms with Crippen molar-refractivity contribution in [3.8, 4) is 0 Å². The average molecular weight is 297 g/mol. The molecule has 2 heterocycles. The lowest BCUT2D eigenvalue weighted by molar-refractivity contribution is 0.0623. The fourth-order valence-electron chi connectivity index (χ4n) is 3.38. The van der Waals surface area contributed by atoms with Gasteiger partial charge in [-0.2, -0.15) is 5.10 Å². The summed E-state index contributed by atoms with van der Waals surface area (Å²) in [7, 11) is 0. The number of hydrogen-bond acceptors (Lipinski definition) is 2. The molecule has 4 heteroatoms. The highest BCUT2D eigenvalue weighted by Gasteiger charge is 2.25. The number of carbonyl (C=O) groups is 1. The van der Waals surface area contributed by atoms with Gasteiger partial charge in [0.05, 0.1) is 5.69 Å². The number of carbonyl (C=O) groups excluding carboxylic acids is 1. The van der Waals surface area contributed by atoms with Gasteiger partial charge in [-0.1, -0.05) is 26.0 Å². The summed E-state index contributed by atoms with van der Waals surface area (Å²) in [5.74, 6) is 1.34. The van der Waals surface area contributed by atoms with E-state index in [0.29, 0.717) is 11.8 Å². The minimum atomic E-state index is 0.157. The zero-order valence-corrected chi connectivity index (χ0v) is 13.2.